The maximum atomic E-state index is 10.8. The first-order valence-electron chi connectivity index (χ1n) is 8.29. The van der Waals surface area contributed by atoms with Gasteiger partial charge in [0.05, 0.1) is 24.5 Å². The van der Waals surface area contributed by atoms with E-state index in [0.717, 1.165) is 5.56 Å². The van der Waals surface area contributed by atoms with E-state index in [4.69, 9.17) is 18.6 Å². The van der Waals surface area contributed by atoms with Gasteiger partial charge in [0.2, 0.25) is 0 Å². The van der Waals surface area contributed by atoms with Crippen molar-refractivity contribution in [3.63, 3.8) is 0 Å². The van der Waals surface area contributed by atoms with Crippen molar-refractivity contribution < 1.29 is 66.7 Å². The predicted octanol–water partition coefficient (Wildman–Crippen LogP) is -3.68. The Hall–Kier alpha value is -0.0451. The van der Waals surface area contributed by atoms with E-state index in [-0.39, 0.29) is 55.9 Å². The van der Waals surface area contributed by atoms with Crippen LogP contribution in [0.1, 0.15) is 12.5 Å². The molecule has 1 atom stereocenters. The molecule has 1 aliphatic rings. The molecule has 0 saturated carbocycles. The number of aliphatic hydroxyl groups is 1. The van der Waals surface area contributed by atoms with Gasteiger partial charge in [0.1, 0.15) is 0 Å². The van der Waals surface area contributed by atoms with Gasteiger partial charge in [-0.1, -0.05) is 37.3 Å². The van der Waals surface area contributed by atoms with Gasteiger partial charge in [0, 0.05) is 25.8 Å². The first kappa shape index (κ1) is 25.0. The standard InChI is InChI=1S/C15H25BNO8S.Na/c1-13(23-9-14-5-3-2-4-6-14)16(19)24-11-15(10-18,12-25-16)17-7-8-26(20,21)22;/h2-6,13,17-19H,7-12H2,1H3,(H,20,21,22);/q-1;+1/t13-,15?,16?;/m0./s1. The molecule has 1 aliphatic heterocycles. The summed E-state index contributed by atoms with van der Waals surface area (Å²) in [6.45, 7) is -1.53. The Labute approximate surface area is 181 Å². The van der Waals surface area contributed by atoms with Crippen molar-refractivity contribution in [1.82, 2.24) is 5.32 Å². The second-order valence-corrected chi connectivity index (χ2v) is 8.08. The van der Waals surface area contributed by atoms with Crippen molar-refractivity contribution in [3.8, 4) is 0 Å². The minimum atomic E-state index is -4.12. The Morgan fingerprint density at radius 2 is 1.89 bits per heavy atom. The molecule has 0 unspecified atom stereocenters. The normalized spacial score (nSPS) is 27.0. The molecule has 2 rings (SSSR count). The Bertz CT molecular complexity index is 670. The van der Waals surface area contributed by atoms with Gasteiger partial charge in [-0.15, -0.1) is 0 Å². The van der Waals surface area contributed by atoms with E-state index in [9.17, 15) is 18.5 Å². The fraction of sp³-hybridized carbons (Fsp3) is 0.600. The molecule has 27 heavy (non-hydrogen) atoms. The second kappa shape index (κ2) is 10.7. The minimum absolute atomic E-state index is 0. The van der Waals surface area contributed by atoms with E-state index in [1.54, 1.807) is 6.92 Å². The fourth-order valence-electron chi connectivity index (χ4n) is 2.54. The van der Waals surface area contributed by atoms with Crippen LogP contribution < -0.4 is 34.9 Å². The molecule has 1 aromatic carbocycles. The number of benzene rings is 1. The molecule has 0 amide bonds. The van der Waals surface area contributed by atoms with Gasteiger partial charge in [-0.2, -0.15) is 8.42 Å². The molecule has 0 spiro atoms. The summed E-state index contributed by atoms with van der Waals surface area (Å²) < 4.78 is 46.8. The topological polar surface area (TPSA) is 135 Å². The molecular formula is C15H25BNNaO8S. The van der Waals surface area contributed by atoms with Crippen LogP contribution in [0.25, 0.3) is 0 Å². The molecular weight excluding hydrogens is 388 g/mol. The van der Waals surface area contributed by atoms with Gasteiger partial charge in [0.15, 0.2) is 0 Å². The van der Waals surface area contributed by atoms with E-state index >= 15 is 0 Å². The van der Waals surface area contributed by atoms with Gasteiger partial charge in [-0.3, -0.25) is 4.55 Å². The Balaban J connectivity index is 0.00000364. The minimum Gasteiger partial charge on any atom is -0.558 e. The number of aliphatic hydroxyl groups excluding tert-OH is 1. The monoisotopic (exact) mass is 413 g/mol. The Morgan fingerprint density at radius 1 is 1.30 bits per heavy atom. The summed E-state index contributed by atoms with van der Waals surface area (Å²) in [5.74, 6) is -0.513. The smallest absolute Gasteiger partial charge is 0.558 e. The van der Waals surface area contributed by atoms with Crippen LogP contribution in [0.3, 0.4) is 0 Å². The van der Waals surface area contributed by atoms with Crippen LogP contribution >= 0.6 is 0 Å². The molecule has 1 fully saturated rings. The van der Waals surface area contributed by atoms with Crippen molar-refractivity contribution >= 4 is 16.9 Å². The van der Waals surface area contributed by atoms with E-state index in [0.29, 0.717) is 0 Å². The summed E-state index contributed by atoms with van der Waals surface area (Å²) in [5, 5.41) is 22.9. The largest absolute Gasteiger partial charge is 1.00 e. The van der Waals surface area contributed by atoms with Gasteiger partial charge < -0.3 is 29.5 Å². The van der Waals surface area contributed by atoms with Crippen LogP contribution in [-0.4, -0.2) is 73.5 Å². The molecule has 12 heteroatoms. The van der Waals surface area contributed by atoms with Crippen LogP contribution in [0.4, 0.5) is 0 Å². The summed E-state index contributed by atoms with van der Waals surface area (Å²) in [4.78, 5) is 0. The fourth-order valence-corrected chi connectivity index (χ4v) is 2.90. The Morgan fingerprint density at radius 3 is 2.41 bits per heavy atom. The van der Waals surface area contributed by atoms with Gasteiger partial charge in [-0.25, -0.2) is 0 Å². The molecule has 4 N–H and O–H groups in total. The van der Waals surface area contributed by atoms with E-state index in [1.165, 1.54) is 0 Å². The quantitative estimate of drug-likeness (QED) is 0.239. The number of ether oxygens (including phenoxy) is 1. The first-order chi connectivity index (χ1) is 12.2. The molecule has 1 saturated heterocycles. The van der Waals surface area contributed by atoms with Crippen LogP contribution in [0.5, 0.6) is 0 Å². The van der Waals surface area contributed by atoms with Crippen molar-refractivity contribution in [2.75, 3.05) is 32.1 Å². The summed E-state index contributed by atoms with van der Waals surface area (Å²) in [5.41, 5.74) is -0.135. The summed E-state index contributed by atoms with van der Waals surface area (Å²) >= 11 is 0. The maximum absolute atomic E-state index is 10.8. The summed E-state index contributed by atoms with van der Waals surface area (Å²) in [7, 11) is -4.12. The number of hydrogen-bond donors (Lipinski definition) is 4. The van der Waals surface area contributed by atoms with E-state index in [2.05, 4.69) is 5.32 Å². The van der Waals surface area contributed by atoms with Gasteiger partial charge in [-0.05, 0) is 5.56 Å². The predicted molar refractivity (Wildman–Crippen MR) is 94.8 cm³/mol. The average Bonchev–Trinajstić information content (AvgIpc) is 2.61. The van der Waals surface area contributed by atoms with Crippen molar-refractivity contribution in [1.29, 1.82) is 0 Å². The first-order valence-corrected chi connectivity index (χ1v) is 9.90. The van der Waals surface area contributed by atoms with Crippen LogP contribution in [0.15, 0.2) is 30.3 Å². The summed E-state index contributed by atoms with van der Waals surface area (Å²) in [6, 6.07) is 8.69. The van der Waals surface area contributed by atoms with Crippen molar-refractivity contribution in [2.45, 2.75) is 25.1 Å². The van der Waals surface area contributed by atoms with Crippen LogP contribution in [0, 0.1) is 0 Å². The summed E-state index contributed by atoms with van der Waals surface area (Å²) in [6.07, 6.45) is 0. The maximum Gasteiger partial charge on any atom is 1.00 e. The average molecular weight is 413 g/mol. The third-order valence-electron chi connectivity index (χ3n) is 4.31. The van der Waals surface area contributed by atoms with Crippen LogP contribution in [0.2, 0.25) is 0 Å². The molecule has 0 radical (unpaired) electrons. The zero-order valence-corrected chi connectivity index (χ0v) is 18.4. The molecule has 148 valence electrons. The SMILES string of the molecule is C[C@H](OCc1ccccc1)[B-]1(O)OCC(CO)(NCCS(=O)(=O)O)CO1.[Na+]. The van der Waals surface area contributed by atoms with Gasteiger partial charge >= 0.3 is 36.3 Å². The van der Waals surface area contributed by atoms with Gasteiger partial charge in [0.25, 0.3) is 10.1 Å². The van der Waals surface area contributed by atoms with Crippen LogP contribution in [-0.2, 0) is 30.8 Å². The third-order valence-corrected chi connectivity index (χ3v) is 5.03. The second-order valence-electron chi connectivity index (χ2n) is 6.50. The number of nitrogens with one attached hydrogen (secondary N) is 1. The zero-order chi connectivity index (χ0) is 19.3. The molecule has 0 aromatic heterocycles. The molecule has 1 aromatic rings. The van der Waals surface area contributed by atoms with E-state index < -0.39 is 40.8 Å². The van der Waals surface area contributed by atoms with Crippen molar-refractivity contribution in [3.05, 3.63) is 35.9 Å². The molecule has 0 bridgehead atoms. The molecule has 0 aliphatic carbocycles. The molecule has 9 nitrogen and oxygen atoms in total. The number of rotatable bonds is 9. The zero-order valence-electron chi connectivity index (χ0n) is 15.6. The Kier molecular flexibility index (Phi) is 9.86. The number of hydrogen-bond acceptors (Lipinski definition) is 8. The third kappa shape index (κ3) is 7.71. The molecule has 1 heterocycles. The van der Waals surface area contributed by atoms with E-state index in [1.807, 2.05) is 30.3 Å². The van der Waals surface area contributed by atoms with Crippen molar-refractivity contribution in [2.24, 2.45) is 0 Å².